The first-order chi connectivity index (χ1) is 41.0. The lowest BCUT2D eigenvalue weighted by molar-refractivity contribution is -0.870. The molecule has 10 heteroatoms. The summed E-state index contributed by atoms with van der Waals surface area (Å²) in [5.74, 6) is -0.902. The molecule has 0 aliphatic heterocycles. The number of carbonyl (C=O) groups excluding carboxylic acids is 2. The van der Waals surface area contributed by atoms with Crippen molar-refractivity contribution in [1.29, 1.82) is 0 Å². The van der Waals surface area contributed by atoms with Gasteiger partial charge in [0.1, 0.15) is 19.8 Å². The summed E-state index contributed by atoms with van der Waals surface area (Å²) in [5.41, 5.74) is 0. The van der Waals surface area contributed by atoms with Crippen LogP contribution >= 0.6 is 7.82 Å². The van der Waals surface area contributed by atoms with Gasteiger partial charge in [0.25, 0.3) is 7.82 Å². The van der Waals surface area contributed by atoms with Gasteiger partial charge in [0.2, 0.25) is 0 Å². The molecule has 0 N–H and O–H groups in total. The zero-order valence-electron chi connectivity index (χ0n) is 54.8. The molecule has 0 radical (unpaired) electrons. The summed E-state index contributed by atoms with van der Waals surface area (Å²) in [7, 11) is 1.12. The number of nitrogens with zero attached hydrogens (tertiary/aromatic N) is 1. The van der Waals surface area contributed by atoms with Gasteiger partial charge in [0.15, 0.2) is 6.10 Å². The van der Waals surface area contributed by atoms with E-state index in [0.717, 1.165) is 77.0 Å². The van der Waals surface area contributed by atoms with E-state index in [1.165, 1.54) is 167 Å². The minimum atomic E-state index is -4.66. The second-order valence-electron chi connectivity index (χ2n) is 23.8. The fraction of sp³-hybridized carbons (Fsp3) is 0.703. The van der Waals surface area contributed by atoms with Gasteiger partial charge in [0.05, 0.1) is 27.7 Å². The van der Waals surface area contributed by atoms with Gasteiger partial charge in [-0.2, -0.15) is 0 Å². The topological polar surface area (TPSA) is 111 Å². The zero-order chi connectivity index (χ0) is 61.2. The van der Waals surface area contributed by atoms with Crippen molar-refractivity contribution < 1.29 is 42.1 Å². The van der Waals surface area contributed by atoms with Gasteiger partial charge in [-0.05, 0) is 103 Å². The van der Waals surface area contributed by atoms with E-state index in [1.807, 2.05) is 27.2 Å². The Labute approximate surface area is 518 Å². The first-order valence-corrected chi connectivity index (χ1v) is 35.7. The lowest BCUT2D eigenvalue weighted by atomic mass is 10.0. The third kappa shape index (κ3) is 67.5. The Hall–Kier alpha value is -3.59. The highest BCUT2D eigenvalue weighted by Gasteiger charge is 2.22. The van der Waals surface area contributed by atoms with Gasteiger partial charge >= 0.3 is 11.9 Å². The Morgan fingerprint density at radius 1 is 0.381 bits per heavy atom. The number of ether oxygens (including phenoxy) is 2. The Morgan fingerprint density at radius 3 is 1.05 bits per heavy atom. The molecule has 0 saturated carbocycles. The van der Waals surface area contributed by atoms with Crippen LogP contribution in [0, 0.1) is 0 Å². The minimum Gasteiger partial charge on any atom is -0.756 e. The Balaban J connectivity index is 4.06. The number of likely N-dealkylation sites (N-methyl/N-ethyl adjacent to an activating group) is 1. The molecule has 0 spiro atoms. The van der Waals surface area contributed by atoms with E-state index in [0.29, 0.717) is 23.9 Å². The fourth-order valence-corrected chi connectivity index (χ4v) is 9.97. The van der Waals surface area contributed by atoms with E-state index >= 15 is 0 Å². The molecule has 482 valence electrons. The normalized spacial score (nSPS) is 13.9. The molecule has 0 saturated heterocycles. The number of phosphoric acid groups is 1. The Bertz CT molecular complexity index is 1830. The average Bonchev–Trinajstić information content (AvgIpc) is 3.61. The van der Waals surface area contributed by atoms with Crippen LogP contribution in [0.15, 0.2) is 122 Å². The Kier molecular flexibility index (Phi) is 61.2. The van der Waals surface area contributed by atoms with Crippen LogP contribution in [0.25, 0.3) is 0 Å². The van der Waals surface area contributed by atoms with E-state index in [2.05, 4.69) is 129 Å². The SMILES string of the molecule is CC/C=C\C/C=C\C/C=C\C/C=C\C/C=C\C/C=C\C/C=C\CCCC(=O)OC(COC(=O)CCCCCCCCCCCCCCCCCCCCCCCC/C=C\C/C=C\C/C=C\CCCCCCC)COP(=O)([O-])OCC[N+](C)(C)C. The second kappa shape index (κ2) is 63.9. The second-order valence-corrected chi connectivity index (χ2v) is 25.2. The molecule has 9 nitrogen and oxygen atoms in total. The summed E-state index contributed by atoms with van der Waals surface area (Å²) in [5, 5.41) is 0. The summed E-state index contributed by atoms with van der Waals surface area (Å²) in [6.07, 6.45) is 91.6. The molecule has 0 amide bonds. The minimum absolute atomic E-state index is 0.0467. The van der Waals surface area contributed by atoms with Gasteiger partial charge in [-0.1, -0.05) is 289 Å². The monoisotopic (exact) mass is 1190 g/mol. The van der Waals surface area contributed by atoms with Crippen LogP contribution in [0.2, 0.25) is 0 Å². The van der Waals surface area contributed by atoms with Crippen LogP contribution in [-0.4, -0.2) is 70.0 Å². The predicted molar refractivity (Wildman–Crippen MR) is 360 cm³/mol. The van der Waals surface area contributed by atoms with Crippen LogP contribution in [0.1, 0.15) is 284 Å². The van der Waals surface area contributed by atoms with Gasteiger partial charge < -0.3 is 27.9 Å². The number of unbranched alkanes of at least 4 members (excludes halogenated alkanes) is 28. The number of allylic oxidation sites excluding steroid dienone is 20. The van der Waals surface area contributed by atoms with Gasteiger partial charge in [-0.3, -0.25) is 14.2 Å². The molecule has 0 aliphatic carbocycles. The maximum Gasteiger partial charge on any atom is 0.306 e. The summed E-state index contributed by atoms with van der Waals surface area (Å²) >= 11 is 0. The van der Waals surface area contributed by atoms with Crippen molar-refractivity contribution in [2.24, 2.45) is 0 Å². The van der Waals surface area contributed by atoms with Crippen molar-refractivity contribution in [3.63, 3.8) is 0 Å². The maximum atomic E-state index is 12.8. The number of carbonyl (C=O) groups is 2. The van der Waals surface area contributed by atoms with Crippen molar-refractivity contribution >= 4 is 19.8 Å². The van der Waals surface area contributed by atoms with Crippen molar-refractivity contribution in [1.82, 2.24) is 0 Å². The lowest BCUT2D eigenvalue weighted by Crippen LogP contribution is -2.37. The van der Waals surface area contributed by atoms with Crippen molar-refractivity contribution in [3.05, 3.63) is 122 Å². The number of esters is 2. The maximum absolute atomic E-state index is 12.8. The van der Waals surface area contributed by atoms with E-state index in [9.17, 15) is 19.0 Å². The molecule has 2 atom stereocenters. The molecule has 0 rings (SSSR count). The number of phosphoric ester groups is 1. The van der Waals surface area contributed by atoms with Gasteiger partial charge in [-0.25, -0.2) is 0 Å². The highest BCUT2D eigenvalue weighted by atomic mass is 31.2. The molecule has 84 heavy (non-hydrogen) atoms. The summed E-state index contributed by atoms with van der Waals surface area (Å²) < 4.78 is 34.2. The third-order valence-corrected chi connectivity index (χ3v) is 15.4. The molecule has 0 fully saturated rings. The predicted octanol–water partition coefficient (Wildman–Crippen LogP) is 21.6. The van der Waals surface area contributed by atoms with Crippen molar-refractivity contribution in [3.8, 4) is 0 Å². The number of quaternary nitrogens is 1. The zero-order valence-corrected chi connectivity index (χ0v) is 55.7. The molecule has 0 aromatic rings. The largest absolute Gasteiger partial charge is 0.756 e. The van der Waals surface area contributed by atoms with Gasteiger partial charge in [0, 0.05) is 12.8 Å². The van der Waals surface area contributed by atoms with Crippen LogP contribution in [0.5, 0.6) is 0 Å². The standard InChI is InChI=1S/C74H128NO8P/c1-6-8-10-12-14-16-18-20-22-24-26-28-30-31-32-33-34-35-36-37-38-39-40-41-42-43-45-46-48-50-52-54-56-58-60-62-64-66-73(76)80-70-72(71-82-84(78,79)81-69-68-75(3,4)5)83-74(77)67-65-63-61-59-57-55-53-51-49-47-44-29-27-25-23-21-19-17-15-13-11-9-7-2/h9,11,15,17-18,20-21,23-24,26-27,29-31,47,49,53,55,59,61,72H,6-8,10,12-14,16,19,22,25,28,32-46,48,50-52,54,56-58,60,62-71H2,1-5H3/b11-9-,17-15-,20-18-,23-21-,26-24-,29-27-,31-30-,49-47-,55-53-,61-59-. The summed E-state index contributed by atoms with van der Waals surface area (Å²) in [6.45, 7) is 4.06. The van der Waals surface area contributed by atoms with Crippen LogP contribution in [-0.2, 0) is 32.7 Å². The molecule has 0 aromatic carbocycles. The average molecular weight is 1190 g/mol. The molecule has 0 aliphatic rings. The summed E-state index contributed by atoms with van der Waals surface area (Å²) in [4.78, 5) is 38.0. The fourth-order valence-electron chi connectivity index (χ4n) is 9.24. The molecule has 2 unspecified atom stereocenters. The van der Waals surface area contributed by atoms with E-state index in [4.69, 9.17) is 18.5 Å². The Morgan fingerprint density at radius 2 is 0.690 bits per heavy atom. The van der Waals surface area contributed by atoms with Crippen LogP contribution in [0.3, 0.4) is 0 Å². The highest BCUT2D eigenvalue weighted by molar-refractivity contribution is 7.45. The lowest BCUT2D eigenvalue weighted by Gasteiger charge is -2.28. The highest BCUT2D eigenvalue weighted by Crippen LogP contribution is 2.38. The molecule has 0 heterocycles. The van der Waals surface area contributed by atoms with E-state index < -0.39 is 32.5 Å². The molecule has 0 bridgehead atoms. The quantitative estimate of drug-likeness (QED) is 0.0195. The smallest absolute Gasteiger partial charge is 0.306 e. The first kappa shape index (κ1) is 80.4. The molecular weight excluding hydrogens is 1060 g/mol. The van der Waals surface area contributed by atoms with E-state index in [-0.39, 0.29) is 26.1 Å². The van der Waals surface area contributed by atoms with Crippen molar-refractivity contribution in [2.45, 2.75) is 290 Å². The number of hydrogen-bond donors (Lipinski definition) is 0. The molecular formula is C74H128NO8P. The van der Waals surface area contributed by atoms with Crippen LogP contribution < -0.4 is 4.89 Å². The number of rotatable bonds is 62. The summed E-state index contributed by atoms with van der Waals surface area (Å²) in [6, 6.07) is 0. The number of hydrogen-bond acceptors (Lipinski definition) is 8. The van der Waals surface area contributed by atoms with Crippen molar-refractivity contribution in [2.75, 3.05) is 47.5 Å². The van der Waals surface area contributed by atoms with Gasteiger partial charge in [-0.15, -0.1) is 0 Å². The molecule has 0 aromatic heterocycles. The van der Waals surface area contributed by atoms with E-state index in [1.54, 1.807) is 0 Å². The third-order valence-electron chi connectivity index (χ3n) is 14.5. The van der Waals surface area contributed by atoms with Crippen LogP contribution in [0.4, 0.5) is 0 Å². The first-order valence-electron chi connectivity index (χ1n) is 34.2.